The van der Waals surface area contributed by atoms with Crippen LogP contribution in [0.1, 0.15) is 10.4 Å². The van der Waals surface area contributed by atoms with Gasteiger partial charge in [-0.15, -0.1) is 0 Å². The van der Waals surface area contributed by atoms with Crippen molar-refractivity contribution in [1.29, 1.82) is 0 Å². The van der Waals surface area contributed by atoms with E-state index in [1.807, 2.05) is 0 Å². The van der Waals surface area contributed by atoms with E-state index in [-0.39, 0.29) is 20.6 Å². The van der Waals surface area contributed by atoms with Crippen molar-refractivity contribution in [3.8, 4) is 0 Å². The molecular formula is C13H9BrFNO4S. The van der Waals surface area contributed by atoms with Crippen molar-refractivity contribution in [2.75, 3.05) is 4.72 Å². The molecule has 0 heterocycles. The Kier molecular flexibility index (Phi) is 4.29. The number of carbonyl (C=O) groups is 1. The number of aromatic carboxylic acids is 1. The van der Waals surface area contributed by atoms with Crippen molar-refractivity contribution < 1.29 is 22.7 Å². The van der Waals surface area contributed by atoms with Crippen LogP contribution in [0, 0.1) is 5.82 Å². The molecule has 0 bridgehead atoms. The molecule has 2 N–H and O–H groups in total. The maximum Gasteiger partial charge on any atom is 0.335 e. The Labute approximate surface area is 128 Å². The Bertz CT molecular complexity index is 787. The number of sulfonamides is 1. The van der Waals surface area contributed by atoms with Crippen LogP contribution in [0.3, 0.4) is 0 Å². The number of nitrogens with one attached hydrogen (secondary N) is 1. The summed E-state index contributed by atoms with van der Waals surface area (Å²) in [4.78, 5) is 10.6. The summed E-state index contributed by atoms with van der Waals surface area (Å²) in [6.45, 7) is 0. The fraction of sp³-hybridized carbons (Fsp3) is 0. The summed E-state index contributed by atoms with van der Waals surface area (Å²) < 4.78 is 40.4. The van der Waals surface area contributed by atoms with Crippen molar-refractivity contribution >= 4 is 37.6 Å². The van der Waals surface area contributed by atoms with Gasteiger partial charge in [0.1, 0.15) is 5.82 Å². The molecule has 0 unspecified atom stereocenters. The summed E-state index contributed by atoms with van der Waals surface area (Å²) in [7, 11) is -4.10. The lowest BCUT2D eigenvalue weighted by Gasteiger charge is -2.11. The summed E-state index contributed by atoms with van der Waals surface area (Å²) in [5.74, 6) is -2.00. The molecule has 21 heavy (non-hydrogen) atoms. The van der Waals surface area contributed by atoms with E-state index in [4.69, 9.17) is 5.11 Å². The molecule has 5 nitrogen and oxygen atoms in total. The molecule has 0 radical (unpaired) electrons. The molecule has 0 amide bonds. The zero-order valence-electron chi connectivity index (χ0n) is 10.4. The fourth-order valence-corrected chi connectivity index (χ4v) is 3.29. The SMILES string of the molecule is O=C(O)c1cccc(S(=O)(=O)Nc2c(F)cccc2Br)c1. The van der Waals surface area contributed by atoms with Crippen LogP contribution in [-0.2, 0) is 10.0 Å². The lowest BCUT2D eigenvalue weighted by atomic mass is 10.2. The van der Waals surface area contributed by atoms with Gasteiger partial charge in [-0.3, -0.25) is 4.72 Å². The third-order valence-corrected chi connectivity index (χ3v) is 4.60. The van der Waals surface area contributed by atoms with Gasteiger partial charge in [-0.25, -0.2) is 17.6 Å². The van der Waals surface area contributed by atoms with Crippen LogP contribution in [0.15, 0.2) is 51.8 Å². The van der Waals surface area contributed by atoms with E-state index in [0.717, 1.165) is 12.1 Å². The highest BCUT2D eigenvalue weighted by Crippen LogP contribution is 2.27. The Hall–Kier alpha value is -1.93. The van der Waals surface area contributed by atoms with Gasteiger partial charge >= 0.3 is 5.97 Å². The van der Waals surface area contributed by atoms with Gasteiger partial charge in [-0.2, -0.15) is 0 Å². The van der Waals surface area contributed by atoms with Crippen LogP contribution in [0.25, 0.3) is 0 Å². The molecular weight excluding hydrogens is 365 g/mol. The lowest BCUT2D eigenvalue weighted by molar-refractivity contribution is 0.0696. The topological polar surface area (TPSA) is 83.5 Å². The molecule has 0 aromatic heterocycles. The number of hydrogen-bond donors (Lipinski definition) is 2. The minimum absolute atomic E-state index is 0.175. The molecule has 0 aliphatic rings. The summed E-state index contributed by atoms with van der Waals surface area (Å²) in [6.07, 6.45) is 0. The minimum atomic E-state index is -4.10. The van der Waals surface area contributed by atoms with Crippen molar-refractivity contribution in [1.82, 2.24) is 0 Å². The molecule has 0 atom stereocenters. The van der Waals surface area contributed by atoms with Crippen LogP contribution in [0.2, 0.25) is 0 Å². The number of halogens is 2. The van der Waals surface area contributed by atoms with Crippen molar-refractivity contribution in [2.45, 2.75) is 4.90 Å². The van der Waals surface area contributed by atoms with E-state index in [1.165, 1.54) is 30.3 Å². The highest BCUT2D eigenvalue weighted by molar-refractivity contribution is 9.10. The Morgan fingerprint density at radius 3 is 2.48 bits per heavy atom. The van der Waals surface area contributed by atoms with E-state index < -0.39 is 21.8 Å². The first-order chi connectivity index (χ1) is 9.81. The number of anilines is 1. The smallest absolute Gasteiger partial charge is 0.335 e. The normalized spacial score (nSPS) is 11.1. The minimum Gasteiger partial charge on any atom is -0.478 e. The van der Waals surface area contributed by atoms with E-state index in [9.17, 15) is 17.6 Å². The predicted octanol–water partition coefficient (Wildman–Crippen LogP) is 3.09. The van der Waals surface area contributed by atoms with E-state index in [1.54, 1.807) is 0 Å². The molecule has 2 aromatic rings. The van der Waals surface area contributed by atoms with Crippen LogP contribution in [0.4, 0.5) is 10.1 Å². The number of carboxylic acids is 1. The van der Waals surface area contributed by atoms with Crippen molar-refractivity contribution in [2.24, 2.45) is 0 Å². The number of benzene rings is 2. The summed E-state index contributed by atoms with van der Waals surface area (Å²) in [5, 5.41) is 8.87. The van der Waals surface area contributed by atoms with Crippen molar-refractivity contribution in [3.05, 3.63) is 58.3 Å². The Morgan fingerprint density at radius 1 is 1.19 bits per heavy atom. The first-order valence-corrected chi connectivity index (χ1v) is 7.89. The second kappa shape index (κ2) is 5.82. The molecule has 0 fully saturated rings. The highest BCUT2D eigenvalue weighted by Gasteiger charge is 2.19. The van der Waals surface area contributed by atoms with Gasteiger partial charge in [-0.1, -0.05) is 12.1 Å². The Morgan fingerprint density at radius 2 is 1.86 bits per heavy atom. The number of carboxylic acid groups (broad SMARTS) is 1. The summed E-state index contributed by atoms with van der Waals surface area (Å²) in [5.41, 5.74) is -0.413. The first kappa shape index (κ1) is 15.5. The predicted molar refractivity (Wildman–Crippen MR) is 78.3 cm³/mol. The fourth-order valence-electron chi connectivity index (χ4n) is 1.58. The second-order valence-electron chi connectivity index (χ2n) is 4.04. The highest BCUT2D eigenvalue weighted by atomic mass is 79.9. The molecule has 0 saturated heterocycles. The quantitative estimate of drug-likeness (QED) is 0.862. The van der Waals surface area contributed by atoms with Crippen molar-refractivity contribution in [3.63, 3.8) is 0 Å². The van der Waals surface area contributed by atoms with E-state index in [2.05, 4.69) is 20.7 Å². The Balaban J connectivity index is 2.44. The zero-order valence-corrected chi connectivity index (χ0v) is 12.8. The van der Waals surface area contributed by atoms with Gasteiger partial charge in [0.15, 0.2) is 0 Å². The molecule has 0 aliphatic carbocycles. The average Bonchev–Trinajstić information content (AvgIpc) is 2.43. The van der Waals surface area contributed by atoms with Gasteiger partial charge in [0.2, 0.25) is 0 Å². The third kappa shape index (κ3) is 3.40. The maximum atomic E-state index is 13.7. The summed E-state index contributed by atoms with van der Waals surface area (Å²) in [6, 6.07) is 8.80. The molecule has 2 rings (SSSR count). The third-order valence-electron chi connectivity index (χ3n) is 2.59. The molecule has 110 valence electrons. The lowest BCUT2D eigenvalue weighted by Crippen LogP contribution is -2.15. The van der Waals surface area contributed by atoms with Gasteiger partial charge in [0.05, 0.1) is 16.1 Å². The summed E-state index contributed by atoms with van der Waals surface area (Å²) >= 11 is 3.05. The molecule has 0 saturated carbocycles. The van der Waals surface area contributed by atoms with E-state index >= 15 is 0 Å². The average molecular weight is 374 g/mol. The number of rotatable bonds is 4. The first-order valence-electron chi connectivity index (χ1n) is 5.61. The monoisotopic (exact) mass is 373 g/mol. The molecule has 0 spiro atoms. The van der Waals surface area contributed by atoms with Crippen LogP contribution in [0.5, 0.6) is 0 Å². The van der Waals surface area contributed by atoms with Gasteiger partial charge < -0.3 is 5.11 Å². The number of hydrogen-bond acceptors (Lipinski definition) is 3. The largest absolute Gasteiger partial charge is 0.478 e. The van der Waals surface area contributed by atoms with Gasteiger partial charge in [0.25, 0.3) is 10.0 Å². The van der Waals surface area contributed by atoms with Gasteiger partial charge in [-0.05, 0) is 46.3 Å². The van der Waals surface area contributed by atoms with Crippen LogP contribution in [-0.4, -0.2) is 19.5 Å². The van der Waals surface area contributed by atoms with Crippen LogP contribution < -0.4 is 4.72 Å². The van der Waals surface area contributed by atoms with Gasteiger partial charge in [0, 0.05) is 4.47 Å². The molecule has 8 heteroatoms. The zero-order chi connectivity index (χ0) is 15.6. The van der Waals surface area contributed by atoms with E-state index in [0.29, 0.717) is 0 Å². The second-order valence-corrected chi connectivity index (χ2v) is 6.57. The van der Waals surface area contributed by atoms with Crippen LogP contribution >= 0.6 is 15.9 Å². The molecule has 2 aromatic carbocycles. The molecule has 0 aliphatic heterocycles. The standard InChI is InChI=1S/C13H9BrFNO4S/c14-10-5-2-6-11(15)12(10)16-21(19,20)9-4-1-3-8(7-9)13(17)18/h1-7,16H,(H,17,18). The maximum absolute atomic E-state index is 13.7. The number of para-hydroxylation sites is 1.